The van der Waals surface area contributed by atoms with Gasteiger partial charge in [-0.05, 0) is 56.4 Å². The van der Waals surface area contributed by atoms with Crippen LogP contribution in [0.4, 0.5) is 23.2 Å². The predicted octanol–water partition coefficient (Wildman–Crippen LogP) is 7.17. The molecule has 3 rings (SSSR count). The minimum absolute atomic E-state index is 0.0984. The molecule has 0 radical (unpaired) electrons. The Kier molecular flexibility index (Phi) is 4.50. The van der Waals surface area contributed by atoms with Crippen molar-refractivity contribution < 1.29 is 17.6 Å². The monoisotopic (exact) mass is 385 g/mol. The standard InChI is InChI=1S/C20H20ClF4N/c1-10-8-13(12-6-5-7-14(17(12)22)20(23,24)25)16(21)15-11(2)9-19(3,4)26-18(10)15/h5-8,11,26H,9H2,1-4H3. The second kappa shape index (κ2) is 6.15. The van der Waals surface area contributed by atoms with Gasteiger partial charge < -0.3 is 5.32 Å². The maximum absolute atomic E-state index is 14.6. The Labute approximate surface area is 155 Å². The van der Waals surface area contributed by atoms with Crippen molar-refractivity contribution in [3.05, 3.63) is 51.8 Å². The topological polar surface area (TPSA) is 12.0 Å². The molecule has 140 valence electrons. The SMILES string of the molecule is Cc1cc(-c2cccc(C(F)(F)F)c2F)c(Cl)c2c1NC(C)(C)CC2C. The molecular formula is C20H20ClF4N. The van der Waals surface area contributed by atoms with Gasteiger partial charge in [-0.15, -0.1) is 0 Å². The number of rotatable bonds is 1. The molecule has 0 bridgehead atoms. The molecule has 1 aliphatic heterocycles. The second-order valence-corrected chi connectivity index (χ2v) is 8.00. The first-order chi connectivity index (χ1) is 11.9. The molecule has 26 heavy (non-hydrogen) atoms. The molecule has 2 aromatic carbocycles. The minimum Gasteiger partial charge on any atom is -0.380 e. The first kappa shape index (κ1) is 19.0. The lowest BCUT2D eigenvalue weighted by Gasteiger charge is -2.39. The maximum atomic E-state index is 14.6. The molecule has 0 fully saturated rings. The third-order valence-electron chi connectivity index (χ3n) is 4.86. The van der Waals surface area contributed by atoms with Crippen LogP contribution in [0.3, 0.4) is 0 Å². The number of benzene rings is 2. The summed E-state index contributed by atoms with van der Waals surface area (Å²) in [6, 6.07) is 4.94. The number of fused-ring (bicyclic) bond motifs is 1. The number of hydrogen-bond acceptors (Lipinski definition) is 1. The molecule has 6 heteroatoms. The highest BCUT2D eigenvalue weighted by atomic mass is 35.5. The first-order valence-electron chi connectivity index (χ1n) is 8.39. The van der Waals surface area contributed by atoms with Gasteiger partial charge >= 0.3 is 6.18 Å². The van der Waals surface area contributed by atoms with Gasteiger partial charge in [-0.3, -0.25) is 0 Å². The zero-order valence-electron chi connectivity index (χ0n) is 15.0. The first-order valence-corrected chi connectivity index (χ1v) is 8.77. The van der Waals surface area contributed by atoms with Crippen molar-refractivity contribution in [2.24, 2.45) is 0 Å². The Hall–Kier alpha value is -1.75. The zero-order valence-corrected chi connectivity index (χ0v) is 15.7. The Balaban J connectivity index is 2.24. The molecule has 1 N–H and O–H groups in total. The number of halogens is 5. The van der Waals surface area contributed by atoms with Gasteiger partial charge in [0.15, 0.2) is 0 Å². The van der Waals surface area contributed by atoms with Gasteiger partial charge in [-0.1, -0.05) is 30.7 Å². The lowest BCUT2D eigenvalue weighted by molar-refractivity contribution is -0.139. The lowest BCUT2D eigenvalue weighted by Crippen LogP contribution is -2.37. The van der Waals surface area contributed by atoms with Crippen LogP contribution in [-0.2, 0) is 6.18 Å². The van der Waals surface area contributed by atoms with Gasteiger partial charge in [0.05, 0.1) is 10.6 Å². The van der Waals surface area contributed by atoms with E-state index in [-0.39, 0.29) is 17.0 Å². The smallest absolute Gasteiger partial charge is 0.380 e. The Morgan fingerprint density at radius 1 is 1.19 bits per heavy atom. The zero-order chi connectivity index (χ0) is 19.4. The predicted molar refractivity (Wildman–Crippen MR) is 97.3 cm³/mol. The van der Waals surface area contributed by atoms with Gasteiger partial charge in [0, 0.05) is 22.4 Å². The number of hydrogen-bond donors (Lipinski definition) is 1. The van der Waals surface area contributed by atoms with Crippen LogP contribution in [0.2, 0.25) is 5.02 Å². The maximum Gasteiger partial charge on any atom is 0.419 e. The molecule has 0 amide bonds. The number of anilines is 1. The van der Waals surface area contributed by atoms with E-state index in [2.05, 4.69) is 19.2 Å². The molecule has 0 saturated carbocycles. The van der Waals surface area contributed by atoms with Crippen LogP contribution < -0.4 is 5.32 Å². The Morgan fingerprint density at radius 3 is 2.46 bits per heavy atom. The van der Waals surface area contributed by atoms with Crippen LogP contribution >= 0.6 is 11.6 Å². The Morgan fingerprint density at radius 2 is 1.85 bits per heavy atom. The van der Waals surface area contributed by atoms with Crippen molar-refractivity contribution in [3.8, 4) is 11.1 Å². The second-order valence-electron chi connectivity index (χ2n) is 7.62. The van der Waals surface area contributed by atoms with Crippen LogP contribution in [0, 0.1) is 12.7 Å². The number of alkyl halides is 3. The van der Waals surface area contributed by atoms with E-state index in [0.29, 0.717) is 10.6 Å². The number of nitrogens with one attached hydrogen (secondary N) is 1. The van der Waals surface area contributed by atoms with E-state index < -0.39 is 17.6 Å². The normalized spacial score (nSPS) is 19.0. The van der Waals surface area contributed by atoms with Gasteiger partial charge in [0.1, 0.15) is 5.82 Å². The van der Waals surface area contributed by atoms with Gasteiger partial charge in [-0.25, -0.2) is 4.39 Å². The summed E-state index contributed by atoms with van der Waals surface area (Å²) < 4.78 is 53.8. The van der Waals surface area contributed by atoms with E-state index in [9.17, 15) is 17.6 Å². The highest BCUT2D eigenvalue weighted by Gasteiger charge is 2.36. The van der Waals surface area contributed by atoms with Gasteiger partial charge in [-0.2, -0.15) is 13.2 Å². The number of aryl methyl sites for hydroxylation is 1. The molecule has 1 unspecified atom stereocenters. The summed E-state index contributed by atoms with van der Waals surface area (Å²) in [6.45, 7) is 8.05. The van der Waals surface area contributed by atoms with Crippen LogP contribution in [-0.4, -0.2) is 5.54 Å². The van der Waals surface area contributed by atoms with Crippen molar-refractivity contribution >= 4 is 17.3 Å². The fourth-order valence-corrected chi connectivity index (χ4v) is 4.30. The summed E-state index contributed by atoms with van der Waals surface area (Å²) in [5.74, 6) is -1.20. The third kappa shape index (κ3) is 3.18. The summed E-state index contributed by atoms with van der Waals surface area (Å²) >= 11 is 6.57. The molecule has 2 aromatic rings. The molecular weight excluding hydrogens is 366 g/mol. The van der Waals surface area contributed by atoms with E-state index in [4.69, 9.17) is 11.6 Å². The fourth-order valence-electron chi connectivity index (χ4n) is 3.86. The van der Waals surface area contributed by atoms with Crippen molar-refractivity contribution in [3.63, 3.8) is 0 Å². The van der Waals surface area contributed by atoms with E-state index in [1.807, 2.05) is 13.8 Å². The fraction of sp³-hybridized carbons (Fsp3) is 0.400. The molecule has 1 heterocycles. The van der Waals surface area contributed by atoms with E-state index in [1.165, 1.54) is 12.1 Å². The minimum atomic E-state index is -4.76. The summed E-state index contributed by atoms with van der Waals surface area (Å²) in [6.07, 6.45) is -3.94. The summed E-state index contributed by atoms with van der Waals surface area (Å²) in [4.78, 5) is 0. The quantitative estimate of drug-likeness (QED) is 0.513. The van der Waals surface area contributed by atoms with Gasteiger partial charge in [0.25, 0.3) is 0 Å². The van der Waals surface area contributed by atoms with Crippen LogP contribution in [0.1, 0.15) is 49.8 Å². The molecule has 1 nitrogen and oxygen atoms in total. The van der Waals surface area contributed by atoms with Crippen LogP contribution in [0.15, 0.2) is 24.3 Å². The molecule has 0 aliphatic carbocycles. The molecule has 1 atom stereocenters. The highest BCUT2D eigenvalue weighted by Crippen LogP contribution is 2.48. The van der Waals surface area contributed by atoms with Crippen molar-refractivity contribution in [2.45, 2.75) is 51.7 Å². The summed E-state index contributed by atoms with van der Waals surface area (Å²) in [5.41, 5.74) is 1.30. The van der Waals surface area contributed by atoms with Crippen LogP contribution in [0.5, 0.6) is 0 Å². The summed E-state index contributed by atoms with van der Waals surface area (Å²) in [7, 11) is 0. The average molecular weight is 386 g/mol. The third-order valence-corrected chi connectivity index (χ3v) is 5.27. The van der Waals surface area contributed by atoms with E-state index >= 15 is 0 Å². The molecule has 0 saturated heterocycles. The molecule has 0 spiro atoms. The molecule has 0 aromatic heterocycles. The average Bonchev–Trinajstić information content (AvgIpc) is 2.48. The Bertz CT molecular complexity index is 871. The largest absolute Gasteiger partial charge is 0.419 e. The van der Waals surface area contributed by atoms with Crippen molar-refractivity contribution in [2.75, 3.05) is 5.32 Å². The van der Waals surface area contributed by atoms with Crippen LogP contribution in [0.25, 0.3) is 11.1 Å². The lowest BCUT2D eigenvalue weighted by atomic mass is 9.79. The van der Waals surface area contributed by atoms with Crippen molar-refractivity contribution in [1.82, 2.24) is 0 Å². The van der Waals surface area contributed by atoms with E-state index in [0.717, 1.165) is 29.3 Å². The molecule has 1 aliphatic rings. The van der Waals surface area contributed by atoms with Crippen molar-refractivity contribution in [1.29, 1.82) is 0 Å². The van der Waals surface area contributed by atoms with E-state index in [1.54, 1.807) is 6.07 Å². The highest BCUT2D eigenvalue weighted by molar-refractivity contribution is 6.34. The summed E-state index contributed by atoms with van der Waals surface area (Å²) in [5, 5.41) is 3.75. The van der Waals surface area contributed by atoms with Gasteiger partial charge in [0.2, 0.25) is 0 Å².